The van der Waals surface area contributed by atoms with E-state index in [1.54, 1.807) is 0 Å². The fourth-order valence-electron chi connectivity index (χ4n) is 1.84. The standard InChI is InChI=1S/C12H22O2/c1-10(2)12(13)14-11-8-6-4-3-5-7-9-11/h10-11H,3-9H2,1-2H3. The molecule has 0 radical (unpaired) electrons. The molecule has 0 atom stereocenters. The first-order valence-corrected chi connectivity index (χ1v) is 5.90. The molecule has 0 saturated heterocycles. The number of carbonyl (C=O) groups excluding carboxylic acids is 1. The van der Waals surface area contributed by atoms with Crippen LogP contribution in [-0.4, -0.2) is 12.1 Å². The van der Waals surface area contributed by atoms with E-state index in [4.69, 9.17) is 4.74 Å². The Morgan fingerprint density at radius 2 is 1.57 bits per heavy atom. The van der Waals surface area contributed by atoms with Crippen LogP contribution >= 0.6 is 0 Å². The lowest BCUT2D eigenvalue weighted by Crippen LogP contribution is -2.22. The summed E-state index contributed by atoms with van der Waals surface area (Å²) < 4.78 is 5.45. The molecule has 0 spiro atoms. The average Bonchev–Trinajstić information content (AvgIpc) is 2.08. The maximum absolute atomic E-state index is 11.4. The van der Waals surface area contributed by atoms with E-state index in [1.807, 2.05) is 13.8 Å². The Balaban J connectivity index is 2.30. The Morgan fingerprint density at radius 3 is 2.07 bits per heavy atom. The Labute approximate surface area is 87.0 Å². The van der Waals surface area contributed by atoms with Crippen molar-refractivity contribution in [1.29, 1.82) is 0 Å². The molecule has 0 N–H and O–H groups in total. The van der Waals surface area contributed by atoms with Crippen LogP contribution in [0.4, 0.5) is 0 Å². The smallest absolute Gasteiger partial charge is 0.308 e. The largest absolute Gasteiger partial charge is 0.462 e. The van der Waals surface area contributed by atoms with Crippen molar-refractivity contribution in [3.05, 3.63) is 0 Å². The van der Waals surface area contributed by atoms with E-state index >= 15 is 0 Å². The number of hydrogen-bond acceptors (Lipinski definition) is 2. The van der Waals surface area contributed by atoms with Crippen LogP contribution < -0.4 is 0 Å². The van der Waals surface area contributed by atoms with Gasteiger partial charge in [-0.1, -0.05) is 33.1 Å². The van der Waals surface area contributed by atoms with Crippen molar-refractivity contribution >= 4 is 5.97 Å². The minimum Gasteiger partial charge on any atom is -0.462 e. The number of esters is 1. The lowest BCUT2D eigenvalue weighted by atomic mass is 9.98. The van der Waals surface area contributed by atoms with E-state index in [-0.39, 0.29) is 18.0 Å². The molecule has 1 rings (SSSR count). The zero-order chi connectivity index (χ0) is 10.4. The van der Waals surface area contributed by atoms with Crippen molar-refractivity contribution in [1.82, 2.24) is 0 Å². The Morgan fingerprint density at radius 1 is 1.07 bits per heavy atom. The van der Waals surface area contributed by atoms with Crippen LogP contribution in [-0.2, 0) is 9.53 Å². The van der Waals surface area contributed by atoms with Crippen molar-refractivity contribution < 1.29 is 9.53 Å². The molecule has 1 aliphatic carbocycles. The van der Waals surface area contributed by atoms with Crippen LogP contribution in [0, 0.1) is 5.92 Å². The summed E-state index contributed by atoms with van der Waals surface area (Å²) >= 11 is 0. The summed E-state index contributed by atoms with van der Waals surface area (Å²) in [5.41, 5.74) is 0. The number of hydrogen-bond donors (Lipinski definition) is 0. The first-order chi connectivity index (χ1) is 6.70. The lowest BCUT2D eigenvalue weighted by Gasteiger charge is -2.21. The van der Waals surface area contributed by atoms with Crippen LogP contribution in [0.1, 0.15) is 58.8 Å². The van der Waals surface area contributed by atoms with Crippen LogP contribution in [0.25, 0.3) is 0 Å². The molecule has 1 saturated carbocycles. The predicted octanol–water partition coefficient (Wildman–Crippen LogP) is 3.30. The van der Waals surface area contributed by atoms with Gasteiger partial charge in [0.15, 0.2) is 0 Å². The second-order valence-corrected chi connectivity index (χ2v) is 4.56. The van der Waals surface area contributed by atoms with E-state index in [2.05, 4.69) is 0 Å². The molecule has 0 bridgehead atoms. The molecule has 0 unspecified atom stereocenters. The third-order valence-corrected chi connectivity index (χ3v) is 2.81. The Bertz CT molecular complexity index is 167. The summed E-state index contributed by atoms with van der Waals surface area (Å²) in [5, 5.41) is 0. The SMILES string of the molecule is CC(C)C(=O)OC1CCCCCCC1. The van der Waals surface area contributed by atoms with E-state index < -0.39 is 0 Å². The molecule has 14 heavy (non-hydrogen) atoms. The van der Waals surface area contributed by atoms with Crippen molar-refractivity contribution in [3.63, 3.8) is 0 Å². The highest BCUT2D eigenvalue weighted by molar-refractivity contribution is 5.71. The summed E-state index contributed by atoms with van der Waals surface area (Å²) in [6, 6.07) is 0. The summed E-state index contributed by atoms with van der Waals surface area (Å²) in [6.45, 7) is 3.79. The van der Waals surface area contributed by atoms with Gasteiger partial charge in [0.25, 0.3) is 0 Å². The van der Waals surface area contributed by atoms with Gasteiger partial charge in [0, 0.05) is 0 Å². The van der Waals surface area contributed by atoms with Crippen molar-refractivity contribution in [3.8, 4) is 0 Å². The molecule has 0 aromatic heterocycles. The van der Waals surface area contributed by atoms with Gasteiger partial charge >= 0.3 is 5.97 Å². The third kappa shape index (κ3) is 4.12. The van der Waals surface area contributed by atoms with Gasteiger partial charge in [-0.25, -0.2) is 0 Å². The van der Waals surface area contributed by atoms with E-state index in [0.29, 0.717) is 0 Å². The lowest BCUT2D eigenvalue weighted by molar-refractivity contribution is -0.153. The Hall–Kier alpha value is -0.530. The fraction of sp³-hybridized carbons (Fsp3) is 0.917. The summed E-state index contributed by atoms with van der Waals surface area (Å²) in [6.07, 6.45) is 8.73. The molecule has 0 aromatic rings. The molecule has 0 aromatic carbocycles. The van der Waals surface area contributed by atoms with Gasteiger partial charge in [-0.2, -0.15) is 0 Å². The summed E-state index contributed by atoms with van der Waals surface area (Å²) in [4.78, 5) is 11.4. The van der Waals surface area contributed by atoms with E-state index in [0.717, 1.165) is 12.8 Å². The van der Waals surface area contributed by atoms with Crippen LogP contribution in [0.5, 0.6) is 0 Å². The van der Waals surface area contributed by atoms with Gasteiger partial charge < -0.3 is 4.74 Å². The highest BCUT2D eigenvalue weighted by Crippen LogP contribution is 2.20. The van der Waals surface area contributed by atoms with Gasteiger partial charge in [0.1, 0.15) is 6.10 Å². The van der Waals surface area contributed by atoms with Gasteiger partial charge in [-0.3, -0.25) is 4.79 Å². The van der Waals surface area contributed by atoms with Crippen molar-refractivity contribution in [2.24, 2.45) is 5.92 Å². The summed E-state index contributed by atoms with van der Waals surface area (Å²) in [7, 11) is 0. The van der Waals surface area contributed by atoms with Gasteiger partial charge in [0.05, 0.1) is 5.92 Å². The van der Waals surface area contributed by atoms with E-state index in [9.17, 15) is 4.79 Å². The van der Waals surface area contributed by atoms with Crippen LogP contribution in [0.15, 0.2) is 0 Å². The van der Waals surface area contributed by atoms with Gasteiger partial charge in [0.2, 0.25) is 0 Å². The molecule has 2 heteroatoms. The average molecular weight is 198 g/mol. The van der Waals surface area contributed by atoms with Gasteiger partial charge in [-0.05, 0) is 25.7 Å². The van der Waals surface area contributed by atoms with Crippen molar-refractivity contribution in [2.45, 2.75) is 64.9 Å². The minimum atomic E-state index is -0.0319. The first kappa shape index (κ1) is 11.5. The third-order valence-electron chi connectivity index (χ3n) is 2.81. The maximum Gasteiger partial charge on any atom is 0.308 e. The first-order valence-electron chi connectivity index (χ1n) is 5.90. The highest BCUT2D eigenvalue weighted by Gasteiger charge is 2.17. The number of ether oxygens (including phenoxy) is 1. The highest BCUT2D eigenvalue weighted by atomic mass is 16.5. The maximum atomic E-state index is 11.4. The molecule has 0 amide bonds. The molecule has 82 valence electrons. The second kappa shape index (κ2) is 6.05. The molecule has 1 fully saturated rings. The monoisotopic (exact) mass is 198 g/mol. The summed E-state index contributed by atoms with van der Waals surface area (Å²) in [5.74, 6) is -0.0176. The second-order valence-electron chi connectivity index (χ2n) is 4.56. The fourth-order valence-corrected chi connectivity index (χ4v) is 1.84. The van der Waals surface area contributed by atoms with Gasteiger partial charge in [-0.15, -0.1) is 0 Å². The predicted molar refractivity (Wildman–Crippen MR) is 57.0 cm³/mol. The zero-order valence-corrected chi connectivity index (χ0v) is 9.42. The van der Waals surface area contributed by atoms with E-state index in [1.165, 1.54) is 32.1 Å². The molecule has 2 nitrogen and oxygen atoms in total. The quantitative estimate of drug-likeness (QED) is 0.636. The number of carbonyl (C=O) groups is 1. The number of rotatable bonds is 2. The normalized spacial score (nSPS) is 20.2. The molecular weight excluding hydrogens is 176 g/mol. The minimum absolute atomic E-state index is 0.0143. The van der Waals surface area contributed by atoms with Crippen LogP contribution in [0.3, 0.4) is 0 Å². The van der Waals surface area contributed by atoms with Crippen molar-refractivity contribution in [2.75, 3.05) is 0 Å². The Kier molecular flexibility index (Phi) is 4.99. The van der Waals surface area contributed by atoms with Crippen LogP contribution in [0.2, 0.25) is 0 Å². The molecule has 0 heterocycles. The molecule has 0 aliphatic heterocycles. The molecular formula is C12H22O2. The molecule has 1 aliphatic rings. The zero-order valence-electron chi connectivity index (χ0n) is 9.42. The topological polar surface area (TPSA) is 26.3 Å².